The average molecular weight is 281 g/mol. The summed E-state index contributed by atoms with van der Waals surface area (Å²) in [6.07, 6.45) is 3.58. The SMILES string of the molecule is CCOC(=O)CCCCCNCc1c(C)nn(C)c1C. The smallest absolute Gasteiger partial charge is 0.305 e. The van der Waals surface area contributed by atoms with Gasteiger partial charge in [-0.15, -0.1) is 0 Å². The first kappa shape index (κ1) is 16.7. The summed E-state index contributed by atoms with van der Waals surface area (Å²) in [6, 6.07) is 0. The minimum Gasteiger partial charge on any atom is -0.466 e. The maximum Gasteiger partial charge on any atom is 0.305 e. The van der Waals surface area contributed by atoms with Gasteiger partial charge in [-0.1, -0.05) is 6.42 Å². The van der Waals surface area contributed by atoms with Crippen LogP contribution in [-0.2, 0) is 23.1 Å². The largest absolute Gasteiger partial charge is 0.466 e. The molecular formula is C15H27N3O2. The van der Waals surface area contributed by atoms with Crippen molar-refractivity contribution >= 4 is 5.97 Å². The van der Waals surface area contributed by atoms with Crippen molar-refractivity contribution in [3.63, 3.8) is 0 Å². The molecule has 1 aromatic heterocycles. The number of hydrogen-bond acceptors (Lipinski definition) is 4. The third-order valence-electron chi connectivity index (χ3n) is 3.50. The van der Waals surface area contributed by atoms with Crippen LogP contribution in [0, 0.1) is 13.8 Å². The fraction of sp³-hybridized carbons (Fsp3) is 0.733. The fourth-order valence-corrected chi connectivity index (χ4v) is 2.22. The Bertz CT molecular complexity index is 427. The molecule has 0 spiro atoms. The zero-order valence-corrected chi connectivity index (χ0v) is 13.2. The van der Waals surface area contributed by atoms with Crippen molar-refractivity contribution in [3.8, 4) is 0 Å². The van der Waals surface area contributed by atoms with Crippen molar-refractivity contribution in [2.24, 2.45) is 7.05 Å². The number of ether oxygens (including phenoxy) is 1. The lowest BCUT2D eigenvalue weighted by atomic mass is 10.1. The highest BCUT2D eigenvalue weighted by Crippen LogP contribution is 2.11. The maximum absolute atomic E-state index is 11.1. The lowest BCUT2D eigenvalue weighted by Crippen LogP contribution is -2.16. The van der Waals surface area contributed by atoms with Crippen LogP contribution in [0.4, 0.5) is 0 Å². The number of esters is 1. The number of aromatic nitrogens is 2. The van der Waals surface area contributed by atoms with Gasteiger partial charge in [0, 0.05) is 31.3 Å². The van der Waals surface area contributed by atoms with Crippen molar-refractivity contribution in [1.82, 2.24) is 15.1 Å². The minimum atomic E-state index is -0.0814. The molecule has 0 aliphatic rings. The van der Waals surface area contributed by atoms with Gasteiger partial charge in [-0.3, -0.25) is 9.48 Å². The Balaban J connectivity index is 2.09. The molecular weight excluding hydrogens is 254 g/mol. The van der Waals surface area contributed by atoms with Crippen LogP contribution >= 0.6 is 0 Å². The summed E-state index contributed by atoms with van der Waals surface area (Å²) in [5, 5.41) is 7.84. The van der Waals surface area contributed by atoms with E-state index < -0.39 is 0 Å². The Labute approximate surface area is 121 Å². The molecule has 5 nitrogen and oxygen atoms in total. The number of rotatable bonds is 9. The summed E-state index contributed by atoms with van der Waals surface area (Å²) < 4.78 is 6.81. The molecule has 0 atom stereocenters. The van der Waals surface area contributed by atoms with Gasteiger partial charge < -0.3 is 10.1 Å². The molecule has 0 unspecified atom stereocenters. The first-order valence-corrected chi connectivity index (χ1v) is 7.41. The highest BCUT2D eigenvalue weighted by Gasteiger charge is 2.08. The van der Waals surface area contributed by atoms with Crippen molar-refractivity contribution in [1.29, 1.82) is 0 Å². The third-order valence-corrected chi connectivity index (χ3v) is 3.50. The first-order chi connectivity index (χ1) is 9.56. The summed E-state index contributed by atoms with van der Waals surface area (Å²) in [6.45, 7) is 8.29. The summed E-state index contributed by atoms with van der Waals surface area (Å²) in [5.41, 5.74) is 3.61. The van der Waals surface area contributed by atoms with Crippen LogP contribution in [0.25, 0.3) is 0 Å². The predicted molar refractivity (Wildman–Crippen MR) is 79.5 cm³/mol. The van der Waals surface area contributed by atoms with Gasteiger partial charge in [-0.05, 0) is 40.2 Å². The highest BCUT2D eigenvalue weighted by atomic mass is 16.5. The second-order valence-electron chi connectivity index (χ2n) is 5.07. The minimum absolute atomic E-state index is 0.0814. The van der Waals surface area contributed by atoms with Gasteiger partial charge in [0.05, 0.1) is 12.3 Å². The Hall–Kier alpha value is -1.36. The van der Waals surface area contributed by atoms with E-state index in [0.29, 0.717) is 13.0 Å². The summed E-state index contributed by atoms with van der Waals surface area (Å²) in [7, 11) is 1.97. The summed E-state index contributed by atoms with van der Waals surface area (Å²) >= 11 is 0. The zero-order chi connectivity index (χ0) is 15.0. The van der Waals surface area contributed by atoms with E-state index in [2.05, 4.69) is 17.3 Å². The lowest BCUT2D eigenvalue weighted by Gasteiger charge is -2.05. The van der Waals surface area contributed by atoms with E-state index >= 15 is 0 Å². The molecule has 1 rings (SSSR count). The molecule has 0 amide bonds. The molecule has 1 N–H and O–H groups in total. The molecule has 0 radical (unpaired) electrons. The normalized spacial score (nSPS) is 10.8. The number of nitrogens with zero attached hydrogens (tertiary/aromatic N) is 2. The Kier molecular flexibility index (Phi) is 7.30. The zero-order valence-electron chi connectivity index (χ0n) is 13.2. The van der Waals surface area contributed by atoms with E-state index in [1.807, 2.05) is 25.6 Å². The van der Waals surface area contributed by atoms with E-state index in [4.69, 9.17) is 4.74 Å². The fourth-order valence-electron chi connectivity index (χ4n) is 2.22. The summed E-state index contributed by atoms with van der Waals surface area (Å²) in [4.78, 5) is 11.1. The Morgan fingerprint density at radius 2 is 2.05 bits per heavy atom. The number of nitrogens with one attached hydrogen (secondary N) is 1. The molecule has 0 aliphatic carbocycles. The van der Waals surface area contributed by atoms with Crippen LogP contribution in [-0.4, -0.2) is 28.9 Å². The lowest BCUT2D eigenvalue weighted by molar-refractivity contribution is -0.143. The average Bonchev–Trinajstić information content (AvgIpc) is 2.64. The third kappa shape index (κ3) is 5.33. The van der Waals surface area contributed by atoms with Crippen LogP contribution in [0.3, 0.4) is 0 Å². The van der Waals surface area contributed by atoms with Crippen LogP contribution < -0.4 is 5.32 Å². The molecule has 114 valence electrons. The second-order valence-corrected chi connectivity index (χ2v) is 5.07. The molecule has 0 saturated carbocycles. The Morgan fingerprint density at radius 1 is 1.30 bits per heavy atom. The van der Waals surface area contributed by atoms with Crippen LogP contribution in [0.2, 0.25) is 0 Å². The van der Waals surface area contributed by atoms with Gasteiger partial charge in [0.25, 0.3) is 0 Å². The van der Waals surface area contributed by atoms with E-state index in [1.165, 1.54) is 11.3 Å². The first-order valence-electron chi connectivity index (χ1n) is 7.41. The molecule has 5 heteroatoms. The van der Waals surface area contributed by atoms with Crippen molar-refractivity contribution < 1.29 is 9.53 Å². The number of carbonyl (C=O) groups excluding carboxylic acids is 1. The molecule has 0 saturated heterocycles. The summed E-state index contributed by atoms with van der Waals surface area (Å²) in [5.74, 6) is -0.0814. The van der Waals surface area contributed by atoms with Crippen molar-refractivity contribution in [2.75, 3.05) is 13.2 Å². The molecule has 0 fully saturated rings. The van der Waals surface area contributed by atoms with Gasteiger partial charge in [-0.25, -0.2) is 0 Å². The van der Waals surface area contributed by atoms with E-state index in [0.717, 1.165) is 38.0 Å². The standard InChI is InChI=1S/C15H27N3O2/c1-5-20-15(19)9-7-6-8-10-16-11-14-12(2)17-18(4)13(14)3/h16H,5-11H2,1-4H3. The number of hydrogen-bond donors (Lipinski definition) is 1. The number of unbranched alkanes of at least 4 members (excludes halogenated alkanes) is 2. The molecule has 0 bridgehead atoms. The highest BCUT2D eigenvalue weighted by molar-refractivity contribution is 5.69. The predicted octanol–water partition coefficient (Wildman–Crippen LogP) is 2.25. The van der Waals surface area contributed by atoms with Gasteiger partial charge in [0.15, 0.2) is 0 Å². The topological polar surface area (TPSA) is 56.1 Å². The van der Waals surface area contributed by atoms with E-state index in [9.17, 15) is 4.79 Å². The van der Waals surface area contributed by atoms with E-state index in [1.54, 1.807) is 0 Å². The van der Waals surface area contributed by atoms with E-state index in [-0.39, 0.29) is 5.97 Å². The van der Waals surface area contributed by atoms with Crippen LogP contribution in [0.1, 0.15) is 49.6 Å². The van der Waals surface area contributed by atoms with Gasteiger partial charge in [-0.2, -0.15) is 5.10 Å². The molecule has 20 heavy (non-hydrogen) atoms. The van der Waals surface area contributed by atoms with Crippen LogP contribution in [0.5, 0.6) is 0 Å². The number of carbonyl (C=O) groups is 1. The van der Waals surface area contributed by atoms with Crippen molar-refractivity contribution in [2.45, 2.75) is 53.0 Å². The van der Waals surface area contributed by atoms with Gasteiger partial charge in [0.2, 0.25) is 0 Å². The number of aryl methyl sites for hydroxylation is 2. The quantitative estimate of drug-likeness (QED) is 0.557. The van der Waals surface area contributed by atoms with Gasteiger partial charge in [0.1, 0.15) is 0 Å². The molecule has 1 aromatic rings. The van der Waals surface area contributed by atoms with Crippen LogP contribution in [0.15, 0.2) is 0 Å². The van der Waals surface area contributed by atoms with Gasteiger partial charge >= 0.3 is 5.97 Å². The molecule has 1 heterocycles. The Morgan fingerprint density at radius 3 is 2.65 bits per heavy atom. The second kappa shape index (κ2) is 8.74. The maximum atomic E-state index is 11.1. The molecule has 0 aromatic carbocycles. The monoisotopic (exact) mass is 281 g/mol. The van der Waals surface area contributed by atoms with Crippen molar-refractivity contribution in [3.05, 3.63) is 17.0 Å². The molecule has 0 aliphatic heterocycles.